The average molecular weight is 294 g/mol. The molecule has 2 N–H and O–H groups in total. The van der Waals surface area contributed by atoms with E-state index in [0.717, 1.165) is 0 Å². The van der Waals surface area contributed by atoms with Crippen LogP contribution in [0.2, 0.25) is 0 Å². The highest BCUT2D eigenvalue weighted by molar-refractivity contribution is 5.94. The van der Waals surface area contributed by atoms with Crippen molar-refractivity contribution in [1.82, 2.24) is 4.90 Å². The Hall–Kier alpha value is -2.48. The number of likely N-dealkylation sites (tertiary alicyclic amines) is 1. The van der Waals surface area contributed by atoms with Crippen LogP contribution in [0.5, 0.6) is 0 Å². The Balaban J connectivity index is 2.05. The van der Waals surface area contributed by atoms with Crippen molar-refractivity contribution in [3.8, 4) is 0 Å². The van der Waals surface area contributed by atoms with Gasteiger partial charge in [0.2, 0.25) is 0 Å². The third-order valence-corrected chi connectivity index (χ3v) is 3.60. The highest BCUT2D eigenvalue weighted by atomic mass is 16.6. The molecule has 112 valence electrons. The van der Waals surface area contributed by atoms with Crippen LogP contribution < -0.4 is 0 Å². The summed E-state index contributed by atoms with van der Waals surface area (Å²) < 4.78 is 0. The molecule has 1 aliphatic rings. The molecule has 1 aromatic carbocycles. The van der Waals surface area contributed by atoms with E-state index in [1.54, 1.807) is 0 Å². The second-order valence-electron chi connectivity index (χ2n) is 4.93. The number of carboxylic acid groups (broad SMARTS) is 1. The molecule has 0 bridgehead atoms. The fraction of sp³-hybridized carbons (Fsp3) is 0.385. The summed E-state index contributed by atoms with van der Waals surface area (Å²) >= 11 is 0. The fourth-order valence-electron chi connectivity index (χ4n) is 2.20. The normalized spacial score (nSPS) is 17.3. The van der Waals surface area contributed by atoms with Gasteiger partial charge in [-0.05, 0) is 12.1 Å². The maximum absolute atomic E-state index is 12.2. The number of hydrogen-bond acceptors (Lipinski definition) is 5. The van der Waals surface area contributed by atoms with Crippen molar-refractivity contribution in [3.63, 3.8) is 0 Å². The average Bonchev–Trinajstić information content (AvgIpc) is 2.47. The monoisotopic (exact) mass is 294 g/mol. The van der Waals surface area contributed by atoms with Gasteiger partial charge in [0.15, 0.2) is 5.60 Å². The van der Waals surface area contributed by atoms with Crippen LogP contribution in [0.15, 0.2) is 24.3 Å². The summed E-state index contributed by atoms with van der Waals surface area (Å²) in [7, 11) is 0. The molecule has 0 aromatic heterocycles. The smallest absolute Gasteiger partial charge is 0.335 e. The number of non-ortho nitro benzene ring substituents is 1. The molecule has 0 atom stereocenters. The maximum atomic E-state index is 12.2. The number of amides is 1. The van der Waals surface area contributed by atoms with Gasteiger partial charge in [-0.1, -0.05) is 0 Å². The van der Waals surface area contributed by atoms with Crippen LogP contribution in [-0.2, 0) is 4.79 Å². The lowest BCUT2D eigenvalue weighted by Gasteiger charge is -2.35. The van der Waals surface area contributed by atoms with Crippen LogP contribution in [-0.4, -0.2) is 50.6 Å². The fourth-order valence-corrected chi connectivity index (χ4v) is 2.20. The minimum absolute atomic E-state index is 0.0406. The molecule has 0 radical (unpaired) electrons. The standard InChI is InChI=1S/C13H14N2O6/c16-11(9-1-3-10(4-2-9)15(20)21)14-7-5-13(19,6-8-14)12(17)18/h1-4,19H,5-8H2,(H,17,18). The van der Waals surface area contributed by atoms with E-state index in [1.807, 2.05) is 0 Å². The summed E-state index contributed by atoms with van der Waals surface area (Å²) in [6.45, 7) is 0.247. The third-order valence-electron chi connectivity index (χ3n) is 3.60. The number of nitrogens with zero attached hydrogens (tertiary/aromatic N) is 2. The zero-order chi connectivity index (χ0) is 15.6. The maximum Gasteiger partial charge on any atom is 0.335 e. The van der Waals surface area contributed by atoms with Gasteiger partial charge in [0.25, 0.3) is 11.6 Å². The van der Waals surface area contributed by atoms with Gasteiger partial charge < -0.3 is 15.1 Å². The number of hydrogen-bond donors (Lipinski definition) is 2. The van der Waals surface area contributed by atoms with Crippen molar-refractivity contribution in [2.24, 2.45) is 0 Å². The second kappa shape index (κ2) is 5.49. The molecule has 2 rings (SSSR count). The van der Waals surface area contributed by atoms with Crippen molar-refractivity contribution in [3.05, 3.63) is 39.9 Å². The van der Waals surface area contributed by atoms with Crippen LogP contribution in [0.1, 0.15) is 23.2 Å². The van der Waals surface area contributed by atoms with E-state index >= 15 is 0 Å². The lowest BCUT2D eigenvalue weighted by molar-refractivity contribution is -0.384. The van der Waals surface area contributed by atoms with Gasteiger partial charge in [-0.25, -0.2) is 4.79 Å². The van der Waals surface area contributed by atoms with Crippen LogP contribution in [0.25, 0.3) is 0 Å². The highest BCUT2D eigenvalue weighted by Crippen LogP contribution is 2.24. The molecule has 1 heterocycles. The predicted octanol–water partition coefficient (Wildman–Crippen LogP) is 0.646. The van der Waals surface area contributed by atoms with Crippen LogP contribution in [0, 0.1) is 10.1 Å². The number of nitro benzene ring substituents is 1. The van der Waals surface area contributed by atoms with Crippen molar-refractivity contribution < 1.29 is 24.7 Å². The lowest BCUT2D eigenvalue weighted by atomic mass is 9.91. The second-order valence-corrected chi connectivity index (χ2v) is 4.93. The van der Waals surface area contributed by atoms with E-state index in [2.05, 4.69) is 0 Å². The predicted molar refractivity (Wildman–Crippen MR) is 70.8 cm³/mol. The number of nitro groups is 1. The SMILES string of the molecule is O=C(c1ccc([N+](=O)[O-])cc1)N1CCC(O)(C(=O)O)CC1. The molecule has 0 unspecified atom stereocenters. The Kier molecular flexibility index (Phi) is 3.90. The quantitative estimate of drug-likeness (QED) is 0.623. The first kappa shape index (κ1) is 14.9. The molecule has 1 amide bonds. The van der Waals surface area contributed by atoms with Crippen molar-refractivity contribution in [2.75, 3.05) is 13.1 Å². The van der Waals surface area contributed by atoms with Gasteiger partial charge in [-0.3, -0.25) is 14.9 Å². The number of piperidine rings is 1. The summed E-state index contributed by atoms with van der Waals surface area (Å²) in [5.74, 6) is -1.62. The number of benzene rings is 1. The molecule has 0 aliphatic carbocycles. The summed E-state index contributed by atoms with van der Waals surface area (Å²) in [5, 5.41) is 29.3. The number of aliphatic carboxylic acids is 1. The molecule has 1 fully saturated rings. The Morgan fingerprint density at radius 1 is 1.19 bits per heavy atom. The molecular weight excluding hydrogens is 280 g/mol. The zero-order valence-electron chi connectivity index (χ0n) is 11.1. The number of rotatable bonds is 3. The molecule has 1 aliphatic heterocycles. The molecule has 21 heavy (non-hydrogen) atoms. The summed E-state index contributed by atoms with van der Waals surface area (Å²) in [6, 6.07) is 5.20. The van der Waals surface area contributed by atoms with Gasteiger partial charge in [0.05, 0.1) is 4.92 Å². The molecule has 0 spiro atoms. The van der Waals surface area contributed by atoms with Gasteiger partial charge in [-0.15, -0.1) is 0 Å². The largest absolute Gasteiger partial charge is 0.479 e. The molecule has 1 aromatic rings. The zero-order valence-corrected chi connectivity index (χ0v) is 11.1. The lowest BCUT2D eigenvalue weighted by Crippen LogP contribution is -2.50. The highest BCUT2D eigenvalue weighted by Gasteiger charge is 2.40. The van der Waals surface area contributed by atoms with E-state index in [9.17, 15) is 24.8 Å². The van der Waals surface area contributed by atoms with Crippen LogP contribution >= 0.6 is 0 Å². The van der Waals surface area contributed by atoms with E-state index < -0.39 is 16.5 Å². The molecule has 8 nitrogen and oxygen atoms in total. The number of carbonyl (C=O) groups excluding carboxylic acids is 1. The van der Waals surface area contributed by atoms with E-state index in [1.165, 1.54) is 29.2 Å². The first-order chi connectivity index (χ1) is 9.83. The van der Waals surface area contributed by atoms with Gasteiger partial charge >= 0.3 is 5.97 Å². The van der Waals surface area contributed by atoms with Gasteiger partial charge in [0.1, 0.15) is 0 Å². The third kappa shape index (κ3) is 3.00. The van der Waals surface area contributed by atoms with Crippen molar-refractivity contribution in [2.45, 2.75) is 18.4 Å². The van der Waals surface area contributed by atoms with Gasteiger partial charge in [0, 0.05) is 43.6 Å². The Bertz CT molecular complexity index is 575. The summed E-state index contributed by atoms with van der Waals surface area (Å²) in [6.07, 6.45) is -0.0812. The molecule has 8 heteroatoms. The number of aliphatic hydroxyl groups is 1. The number of carbonyl (C=O) groups is 2. The molecular formula is C13H14N2O6. The minimum Gasteiger partial charge on any atom is -0.479 e. The molecule has 1 saturated heterocycles. The van der Waals surface area contributed by atoms with Gasteiger partial charge in [-0.2, -0.15) is 0 Å². The first-order valence-electron chi connectivity index (χ1n) is 6.33. The van der Waals surface area contributed by atoms with Crippen molar-refractivity contribution in [1.29, 1.82) is 0 Å². The van der Waals surface area contributed by atoms with Crippen LogP contribution in [0.4, 0.5) is 5.69 Å². The van der Waals surface area contributed by atoms with E-state index in [-0.39, 0.29) is 37.5 Å². The molecule has 0 saturated carbocycles. The van der Waals surface area contributed by atoms with E-state index in [4.69, 9.17) is 5.11 Å². The Morgan fingerprint density at radius 3 is 2.14 bits per heavy atom. The number of carboxylic acids is 1. The van der Waals surface area contributed by atoms with E-state index in [0.29, 0.717) is 5.56 Å². The minimum atomic E-state index is -1.79. The van der Waals surface area contributed by atoms with Crippen molar-refractivity contribution >= 4 is 17.6 Å². The van der Waals surface area contributed by atoms with Crippen LogP contribution in [0.3, 0.4) is 0 Å². The first-order valence-corrected chi connectivity index (χ1v) is 6.33. The Morgan fingerprint density at radius 2 is 1.71 bits per heavy atom. The topological polar surface area (TPSA) is 121 Å². The Labute approximate surface area is 119 Å². The summed E-state index contributed by atoms with van der Waals surface area (Å²) in [5.41, 5.74) is -1.60. The summed E-state index contributed by atoms with van der Waals surface area (Å²) in [4.78, 5) is 34.5.